The van der Waals surface area contributed by atoms with Crippen LogP contribution < -0.4 is 24.7 Å². The number of aliphatic hydroxyl groups is 3. The van der Waals surface area contributed by atoms with E-state index in [4.69, 9.17) is 24.7 Å². The first-order chi connectivity index (χ1) is 22.9. The third-order valence-corrected chi connectivity index (χ3v) is 10.1. The minimum absolute atomic E-state index is 0.0307. The molecule has 2 heterocycles. The summed E-state index contributed by atoms with van der Waals surface area (Å²) in [7, 11) is 3.11. The number of nitrogens with two attached hydrogens (primary N) is 1. The van der Waals surface area contributed by atoms with Gasteiger partial charge >= 0.3 is 0 Å². The highest BCUT2D eigenvalue weighted by molar-refractivity contribution is 6.24. The summed E-state index contributed by atoms with van der Waals surface area (Å²) < 4.78 is 22.1. The molecule has 0 aromatic heterocycles. The van der Waals surface area contributed by atoms with Gasteiger partial charge in [-0.15, -0.1) is 0 Å². The molecule has 6 N–H and O–H groups in total. The number of phenols is 1. The van der Waals surface area contributed by atoms with Crippen molar-refractivity contribution in [3.63, 3.8) is 0 Å². The molecular formula is C35H30N2O11. The lowest BCUT2D eigenvalue weighted by atomic mass is 9.57. The van der Waals surface area contributed by atoms with Gasteiger partial charge in [-0.1, -0.05) is 12.1 Å². The third-order valence-electron chi connectivity index (χ3n) is 10.1. The van der Waals surface area contributed by atoms with Gasteiger partial charge in [-0.3, -0.25) is 19.3 Å². The highest BCUT2D eigenvalue weighted by Gasteiger charge is 2.64. The van der Waals surface area contributed by atoms with Crippen LogP contribution in [0.3, 0.4) is 0 Å². The van der Waals surface area contributed by atoms with Crippen molar-refractivity contribution in [2.45, 2.75) is 24.5 Å². The maximum absolute atomic E-state index is 14.4. The number of nitrogens with zero attached hydrogens (tertiary/aromatic N) is 1. The second-order valence-corrected chi connectivity index (χ2v) is 12.8. The summed E-state index contributed by atoms with van der Waals surface area (Å²) in [4.78, 5) is 41.6. The van der Waals surface area contributed by atoms with Crippen LogP contribution >= 0.6 is 0 Å². The van der Waals surface area contributed by atoms with Gasteiger partial charge in [-0.2, -0.15) is 0 Å². The van der Waals surface area contributed by atoms with E-state index in [0.717, 1.165) is 0 Å². The number of carbonyl (C=O) groups excluding carboxylic acids is 3. The van der Waals surface area contributed by atoms with Crippen LogP contribution in [0.1, 0.15) is 17.5 Å². The Kier molecular flexibility index (Phi) is 6.36. The fraction of sp³-hybridized carbons (Fsp3) is 0.286. The van der Waals surface area contributed by atoms with Gasteiger partial charge in [0.1, 0.15) is 22.8 Å². The standard InChI is InChI=1S/C35H30N2O11/c1-37(2)28-20-8-16-7-19-17(14-3-5-21-23(9-14)47-12-45-21)11-18(15-4-6-22-24(10-15)48-13-46-22)29(38)26(19)30(39)25(16)32(41)35(20,44)33(42)27(31(28)40)34(36)43/h3-6,9-11,16,20,28,38-39,42,44H,7-8,12-13H2,1-2H3,(H2,36,43)/t16-,20?,28-,35-/m0/s1. The van der Waals surface area contributed by atoms with Gasteiger partial charge in [0.2, 0.25) is 19.4 Å². The molecule has 8 rings (SSSR count). The zero-order valence-corrected chi connectivity index (χ0v) is 25.8. The molecule has 13 heteroatoms. The average molecular weight is 655 g/mol. The molecule has 3 aromatic rings. The van der Waals surface area contributed by atoms with Crippen molar-refractivity contribution in [2.75, 3.05) is 27.7 Å². The molecule has 0 radical (unpaired) electrons. The molecule has 0 spiro atoms. The van der Waals surface area contributed by atoms with Crippen molar-refractivity contribution in [1.29, 1.82) is 0 Å². The number of carbonyl (C=O) groups is 3. The van der Waals surface area contributed by atoms with E-state index in [2.05, 4.69) is 0 Å². The monoisotopic (exact) mass is 654 g/mol. The lowest BCUT2D eigenvalue weighted by molar-refractivity contribution is -0.153. The van der Waals surface area contributed by atoms with Crippen molar-refractivity contribution in [3.8, 4) is 51.0 Å². The Morgan fingerprint density at radius 2 is 1.46 bits per heavy atom. The molecule has 48 heavy (non-hydrogen) atoms. The van der Waals surface area contributed by atoms with Crippen molar-refractivity contribution in [3.05, 3.63) is 70.5 Å². The minimum Gasteiger partial charge on any atom is -0.508 e. The lowest BCUT2D eigenvalue weighted by Crippen LogP contribution is -2.65. The summed E-state index contributed by atoms with van der Waals surface area (Å²) in [5.74, 6) is -5.12. The summed E-state index contributed by atoms with van der Waals surface area (Å²) in [6.07, 6.45) is 0.0876. The highest BCUT2D eigenvalue weighted by Crippen LogP contribution is 2.55. The molecule has 0 saturated heterocycles. The number of hydrogen-bond acceptors (Lipinski definition) is 12. The van der Waals surface area contributed by atoms with Crippen LogP contribution in [0.25, 0.3) is 28.0 Å². The maximum atomic E-state index is 14.4. The lowest BCUT2D eigenvalue weighted by Gasteiger charge is -2.50. The van der Waals surface area contributed by atoms with E-state index in [1.165, 1.54) is 4.90 Å². The molecule has 3 aliphatic carbocycles. The number of aromatic hydroxyl groups is 1. The van der Waals surface area contributed by atoms with Crippen LogP contribution in [0.4, 0.5) is 0 Å². The Balaban J connectivity index is 1.37. The minimum atomic E-state index is -2.74. The van der Waals surface area contributed by atoms with Crippen LogP contribution in [0, 0.1) is 11.8 Å². The van der Waals surface area contributed by atoms with Gasteiger partial charge in [0.25, 0.3) is 5.91 Å². The number of Topliss-reactive ketones (excluding diaryl/α,β-unsaturated/α-hetero) is 2. The number of likely N-dealkylation sites (N-methyl/N-ethyl adjacent to an activating group) is 1. The Morgan fingerprint density at radius 1 is 0.875 bits per heavy atom. The third kappa shape index (κ3) is 3.94. The number of aliphatic hydroxyl groups excluding tert-OH is 2. The first-order valence-corrected chi connectivity index (χ1v) is 15.3. The number of ether oxygens (including phenoxy) is 4. The normalized spacial score (nSPS) is 25.3. The topological polar surface area (TPSA) is 198 Å². The molecule has 1 fully saturated rings. The Hall–Kier alpha value is -5.53. The van der Waals surface area contributed by atoms with Crippen molar-refractivity contribution in [1.82, 2.24) is 4.90 Å². The molecule has 3 aromatic carbocycles. The number of ketones is 2. The largest absolute Gasteiger partial charge is 0.508 e. The second-order valence-electron chi connectivity index (χ2n) is 12.8. The molecule has 0 bridgehead atoms. The van der Waals surface area contributed by atoms with Gasteiger partial charge in [0.05, 0.1) is 11.6 Å². The number of fused-ring (bicyclic) bond motifs is 5. The van der Waals surface area contributed by atoms with Crippen LogP contribution in [-0.4, -0.2) is 82.1 Å². The van der Waals surface area contributed by atoms with Gasteiger partial charge in [-0.05, 0) is 85.4 Å². The van der Waals surface area contributed by atoms with E-state index < -0.39 is 58.0 Å². The van der Waals surface area contributed by atoms with Gasteiger partial charge < -0.3 is 45.1 Å². The Bertz CT molecular complexity index is 2070. The zero-order valence-electron chi connectivity index (χ0n) is 25.8. The molecule has 5 aliphatic rings. The molecule has 13 nitrogen and oxygen atoms in total. The van der Waals surface area contributed by atoms with E-state index in [-0.39, 0.29) is 43.3 Å². The average Bonchev–Trinajstić information content (AvgIpc) is 3.71. The van der Waals surface area contributed by atoms with Crippen LogP contribution in [0.2, 0.25) is 0 Å². The van der Waals surface area contributed by atoms with Gasteiger partial charge in [0.15, 0.2) is 34.4 Å². The zero-order chi connectivity index (χ0) is 33.8. The first kappa shape index (κ1) is 29.8. The quantitative estimate of drug-likeness (QED) is 0.258. The maximum Gasteiger partial charge on any atom is 0.255 e. The number of benzene rings is 3. The van der Waals surface area contributed by atoms with E-state index in [9.17, 15) is 34.8 Å². The van der Waals surface area contributed by atoms with Crippen LogP contribution in [0.15, 0.2) is 59.4 Å². The summed E-state index contributed by atoms with van der Waals surface area (Å²) in [5, 5.41) is 47.0. The first-order valence-electron chi connectivity index (χ1n) is 15.3. The summed E-state index contributed by atoms with van der Waals surface area (Å²) in [6, 6.07) is 11.1. The summed E-state index contributed by atoms with van der Waals surface area (Å²) >= 11 is 0. The highest BCUT2D eigenvalue weighted by atomic mass is 16.7. The predicted octanol–water partition coefficient (Wildman–Crippen LogP) is 2.76. The molecule has 246 valence electrons. The molecule has 2 aliphatic heterocycles. The number of phenolic OH excluding ortho intramolecular Hbond substituents is 1. The van der Waals surface area contributed by atoms with Crippen molar-refractivity contribution in [2.24, 2.45) is 17.6 Å². The fourth-order valence-corrected chi connectivity index (χ4v) is 7.92. The number of primary amides is 1. The summed E-state index contributed by atoms with van der Waals surface area (Å²) in [6.45, 7) is 0.0948. The Morgan fingerprint density at radius 3 is 2.04 bits per heavy atom. The molecule has 1 amide bonds. The van der Waals surface area contributed by atoms with Crippen LogP contribution in [0.5, 0.6) is 28.7 Å². The van der Waals surface area contributed by atoms with E-state index in [1.807, 2.05) is 6.07 Å². The SMILES string of the molecule is CN(C)[C@@H]1C(=O)C(C(N)=O)=C(O)[C@@]2(O)C(=O)C3=C(O)c4c(O)c(-c5ccc6c(c5)OCO6)cc(-c5ccc6c(c5)OCO6)c4C[C@H]3CC12. The smallest absolute Gasteiger partial charge is 0.255 e. The predicted molar refractivity (Wildman–Crippen MR) is 167 cm³/mol. The number of amides is 1. The van der Waals surface area contributed by atoms with Crippen molar-refractivity contribution < 1.29 is 53.8 Å². The Labute approximate surface area is 273 Å². The van der Waals surface area contributed by atoms with Gasteiger partial charge in [0, 0.05) is 17.1 Å². The van der Waals surface area contributed by atoms with Crippen LogP contribution in [-0.2, 0) is 20.8 Å². The van der Waals surface area contributed by atoms with E-state index >= 15 is 0 Å². The number of hydrogen-bond donors (Lipinski definition) is 5. The molecule has 1 unspecified atom stereocenters. The number of rotatable bonds is 4. The fourth-order valence-electron chi connectivity index (χ4n) is 7.92. The van der Waals surface area contributed by atoms with E-state index in [0.29, 0.717) is 50.8 Å². The van der Waals surface area contributed by atoms with Crippen molar-refractivity contribution >= 4 is 23.2 Å². The molecular weight excluding hydrogens is 624 g/mol. The second kappa shape index (κ2) is 10.2. The molecule has 4 atom stereocenters. The van der Waals surface area contributed by atoms with E-state index in [1.54, 1.807) is 50.5 Å². The summed E-state index contributed by atoms with van der Waals surface area (Å²) in [5.41, 5.74) is 4.21. The molecule has 1 saturated carbocycles. The van der Waals surface area contributed by atoms with Gasteiger partial charge in [-0.25, -0.2) is 0 Å².